The highest BCUT2D eigenvalue weighted by Gasteiger charge is 2.24. The number of benzene rings is 3. The first-order valence-electron chi connectivity index (χ1n) is 11.3. The van der Waals surface area contributed by atoms with Crippen molar-refractivity contribution in [3.05, 3.63) is 131 Å². The predicted molar refractivity (Wildman–Crippen MR) is 130 cm³/mol. The predicted octanol–water partition coefficient (Wildman–Crippen LogP) is 1.75. The topological polar surface area (TPSA) is 93.0 Å². The molecule has 0 amide bonds. The Bertz CT molecular complexity index is 1360. The summed E-state index contributed by atoms with van der Waals surface area (Å²) in [5.41, 5.74) is 2.62. The molecule has 0 saturated heterocycles. The van der Waals surface area contributed by atoms with Crippen LogP contribution in [0.5, 0.6) is 5.75 Å². The van der Waals surface area contributed by atoms with Gasteiger partial charge in [0.1, 0.15) is 13.2 Å². The molecule has 4 aromatic rings. The number of aromatic amines is 1. The Balaban J connectivity index is 0.00000380. The van der Waals surface area contributed by atoms with Gasteiger partial charge in [0.15, 0.2) is 6.20 Å². The van der Waals surface area contributed by atoms with E-state index in [1.807, 2.05) is 0 Å². The minimum absolute atomic E-state index is 0. The zero-order valence-corrected chi connectivity index (χ0v) is 20.7. The van der Waals surface area contributed by atoms with Crippen LogP contribution in [-0.2, 0) is 22.7 Å². The van der Waals surface area contributed by atoms with Gasteiger partial charge in [-0.15, -0.1) is 0 Å². The lowest BCUT2D eigenvalue weighted by atomic mass is 10.1. The maximum atomic E-state index is 12.8. The number of rotatable bonds is 8. The summed E-state index contributed by atoms with van der Waals surface area (Å²) in [6.45, 7) is 1.41. The van der Waals surface area contributed by atoms with Crippen LogP contribution in [0.25, 0.3) is 0 Å². The van der Waals surface area contributed by atoms with E-state index in [0.717, 1.165) is 0 Å². The summed E-state index contributed by atoms with van der Waals surface area (Å²) in [7, 11) is 0. The van der Waals surface area contributed by atoms with E-state index < -0.39 is 17.9 Å². The molecule has 0 atom stereocenters. The number of esters is 3. The van der Waals surface area contributed by atoms with E-state index in [1.54, 1.807) is 104 Å². The molecule has 188 valence electrons. The Kier molecular flexibility index (Phi) is 9.52. The molecule has 1 aromatic heterocycles. The van der Waals surface area contributed by atoms with Crippen LogP contribution in [0.15, 0.2) is 97.2 Å². The second-order valence-corrected chi connectivity index (χ2v) is 7.89. The molecule has 7 nitrogen and oxygen atoms in total. The lowest BCUT2D eigenvalue weighted by molar-refractivity contribution is -0.389. The monoisotopic (exact) mass is 517 g/mol. The van der Waals surface area contributed by atoms with Gasteiger partial charge in [-0.25, -0.2) is 19.4 Å². The lowest BCUT2D eigenvalue weighted by Gasteiger charge is -2.14. The number of halogens is 1. The molecular formula is C29H24ClNO6. The fraction of sp³-hybridized carbons (Fsp3) is 0.103. The summed E-state index contributed by atoms with van der Waals surface area (Å²) in [6.07, 6.45) is 1.64. The SMILES string of the molecule is Cc1[nH+]cc(COC(=O)c2ccccc2)c(COC(=O)c2ccccc2)c1OC(=O)c1ccccc1.[Cl-]. The molecule has 4 rings (SSSR count). The fourth-order valence-corrected chi connectivity index (χ4v) is 3.47. The number of carbonyl (C=O) groups excluding carboxylic acids is 3. The molecule has 3 aromatic carbocycles. The molecule has 0 aliphatic heterocycles. The van der Waals surface area contributed by atoms with Crippen LogP contribution in [0, 0.1) is 6.92 Å². The summed E-state index contributed by atoms with van der Waals surface area (Å²) in [5, 5.41) is 0. The Morgan fingerprint density at radius 3 is 1.57 bits per heavy atom. The standard InChI is InChI=1S/C29H23NO6.ClH/c1-20-26(36-29(33)23-15-9-4-10-16-23)25(19-35-28(32)22-13-7-3-8-14-22)24(17-30-20)18-34-27(31)21-11-5-2-6-12-21;/h2-17H,18-19H2,1H3;1H. The van der Waals surface area contributed by atoms with Crippen molar-refractivity contribution >= 4 is 17.9 Å². The van der Waals surface area contributed by atoms with Crippen LogP contribution in [0.1, 0.15) is 47.9 Å². The number of carbonyl (C=O) groups is 3. The van der Waals surface area contributed by atoms with Gasteiger partial charge in [0.2, 0.25) is 11.4 Å². The third-order valence-corrected chi connectivity index (χ3v) is 5.39. The normalized spacial score (nSPS) is 10.1. The van der Waals surface area contributed by atoms with E-state index in [-0.39, 0.29) is 31.4 Å². The smallest absolute Gasteiger partial charge is 0.343 e. The molecule has 0 aliphatic rings. The summed E-state index contributed by atoms with van der Waals surface area (Å²) in [6, 6.07) is 25.7. The van der Waals surface area contributed by atoms with E-state index in [0.29, 0.717) is 33.5 Å². The number of H-pyrrole nitrogens is 1. The summed E-state index contributed by atoms with van der Waals surface area (Å²) in [4.78, 5) is 40.9. The van der Waals surface area contributed by atoms with Gasteiger partial charge in [0.05, 0.1) is 27.8 Å². The average Bonchev–Trinajstić information content (AvgIpc) is 2.93. The number of ether oxygens (including phenoxy) is 3. The number of hydrogen-bond donors (Lipinski definition) is 0. The average molecular weight is 518 g/mol. The summed E-state index contributed by atoms with van der Waals surface area (Å²) < 4.78 is 16.8. The minimum atomic E-state index is -0.568. The molecule has 0 radical (unpaired) electrons. The van der Waals surface area contributed by atoms with Gasteiger partial charge in [-0.3, -0.25) is 0 Å². The highest BCUT2D eigenvalue weighted by Crippen LogP contribution is 2.27. The van der Waals surface area contributed by atoms with Gasteiger partial charge in [-0.2, -0.15) is 0 Å². The van der Waals surface area contributed by atoms with Crippen LogP contribution in [0.3, 0.4) is 0 Å². The molecule has 1 N–H and O–H groups in total. The van der Waals surface area contributed by atoms with Crippen LogP contribution >= 0.6 is 0 Å². The summed E-state index contributed by atoms with van der Waals surface area (Å²) in [5.74, 6) is -1.40. The van der Waals surface area contributed by atoms with E-state index in [4.69, 9.17) is 14.2 Å². The molecule has 0 spiro atoms. The van der Waals surface area contributed by atoms with E-state index in [9.17, 15) is 14.4 Å². The van der Waals surface area contributed by atoms with Crippen LogP contribution in [-0.4, -0.2) is 17.9 Å². The highest BCUT2D eigenvalue weighted by molar-refractivity contribution is 5.91. The first-order chi connectivity index (χ1) is 17.5. The van der Waals surface area contributed by atoms with Gasteiger partial charge >= 0.3 is 17.9 Å². The number of hydrogen-bond acceptors (Lipinski definition) is 6. The van der Waals surface area contributed by atoms with Crippen molar-refractivity contribution in [1.29, 1.82) is 0 Å². The third-order valence-electron chi connectivity index (χ3n) is 5.39. The Morgan fingerprint density at radius 2 is 1.08 bits per heavy atom. The quantitative estimate of drug-likeness (QED) is 0.331. The van der Waals surface area contributed by atoms with Crippen LogP contribution < -0.4 is 22.1 Å². The minimum Gasteiger partial charge on any atom is -1.00 e. The molecule has 0 fully saturated rings. The Hall–Kier alpha value is -4.49. The van der Waals surface area contributed by atoms with Crippen molar-refractivity contribution in [3.8, 4) is 5.75 Å². The van der Waals surface area contributed by atoms with E-state index >= 15 is 0 Å². The second kappa shape index (κ2) is 13.0. The fourth-order valence-electron chi connectivity index (χ4n) is 3.47. The van der Waals surface area contributed by atoms with Crippen molar-refractivity contribution in [2.45, 2.75) is 20.1 Å². The Morgan fingerprint density at radius 1 is 0.649 bits per heavy atom. The van der Waals surface area contributed by atoms with Gasteiger partial charge < -0.3 is 26.6 Å². The lowest BCUT2D eigenvalue weighted by Crippen LogP contribution is -3.00. The molecule has 0 aliphatic carbocycles. The number of pyridine rings is 1. The highest BCUT2D eigenvalue weighted by atomic mass is 35.5. The van der Waals surface area contributed by atoms with Crippen molar-refractivity contribution < 1.29 is 46.0 Å². The molecule has 37 heavy (non-hydrogen) atoms. The maximum absolute atomic E-state index is 12.8. The number of nitrogens with one attached hydrogen (secondary N) is 1. The first-order valence-corrected chi connectivity index (χ1v) is 11.3. The van der Waals surface area contributed by atoms with Gasteiger partial charge in [-0.05, 0) is 36.4 Å². The Labute approximate surface area is 220 Å². The van der Waals surface area contributed by atoms with Crippen LogP contribution in [0.2, 0.25) is 0 Å². The van der Waals surface area contributed by atoms with Crippen LogP contribution in [0.4, 0.5) is 0 Å². The largest absolute Gasteiger partial charge is 1.00 e. The molecular weight excluding hydrogens is 494 g/mol. The first kappa shape index (κ1) is 27.1. The third kappa shape index (κ3) is 7.02. The number of aromatic nitrogens is 1. The molecule has 8 heteroatoms. The molecule has 0 bridgehead atoms. The van der Waals surface area contributed by atoms with E-state index in [2.05, 4.69) is 4.98 Å². The molecule has 0 saturated carbocycles. The van der Waals surface area contributed by atoms with Gasteiger partial charge in [-0.1, -0.05) is 54.6 Å². The molecule has 0 unspecified atom stereocenters. The summed E-state index contributed by atoms with van der Waals surface area (Å²) >= 11 is 0. The van der Waals surface area contributed by atoms with Gasteiger partial charge in [0, 0.05) is 6.92 Å². The van der Waals surface area contributed by atoms with Crippen molar-refractivity contribution in [2.75, 3.05) is 0 Å². The maximum Gasteiger partial charge on any atom is 0.343 e. The number of aryl methyl sites for hydroxylation is 1. The van der Waals surface area contributed by atoms with Crippen molar-refractivity contribution in [1.82, 2.24) is 0 Å². The van der Waals surface area contributed by atoms with E-state index in [1.165, 1.54) is 0 Å². The zero-order chi connectivity index (χ0) is 25.3. The van der Waals surface area contributed by atoms with Crippen molar-refractivity contribution in [3.63, 3.8) is 0 Å². The second-order valence-electron chi connectivity index (χ2n) is 7.89. The van der Waals surface area contributed by atoms with Gasteiger partial charge in [0.25, 0.3) is 0 Å². The molecule has 1 heterocycles. The zero-order valence-electron chi connectivity index (χ0n) is 20.0. The van der Waals surface area contributed by atoms with Crippen molar-refractivity contribution in [2.24, 2.45) is 0 Å².